The van der Waals surface area contributed by atoms with Gasteiger partial charge in [0.1, 0.15) is 0 Å². The van der Waals surface area contributed by atoms with Crippen LogP contribution in [0.25, 0.3) is 0 Å². The van der Waals surface area contributed by atoms with E-state index >= 15 is 0 Å². The lowest BCUT2D eigenvalue weighted by atomic mass is 10.0. The van der Waals surface area contributed by atoms with Crippen LogP contribution in [0.5, 0.6) is 0 Å². The summed E-state index contributed by atoms with van der Waals surface area (Å²) in [6.07, 6.45) is 2.45. The summed E-state index contributed by atoms with van der Waals surface area (Å²) >= 11 is 1.54. The molecule has 0 radical (unpaired) electrons. The van der Waals surface area contributed by atoms with E-state index < -0.39 is 0 Å². The van der Waals surface area contributed by atoms with Gasteiger partial charge < -0.3 is 9.88 Å². The largest absolute Gasteiger partial charge is 0.349 e. The molecular formula is C19H25N3OS. The van der Waals surface area contributed by atoms with Gasteiger partial charge in [0.25, 0.3) is 0 Å². The minimum absolute atomic E-state index is 0.0194. The zero-order valence-electron chi connectivity index (χ0n) is 14.8. The Labute approximate surface area is 148 Å². The van der Waals surface area contributed by atoms with Crippen LogP contribution in [0.2, 0.25) is 0 Å². The lowest BCUT2D eigenvalue weighted by Crippen LogP contribution is -2.28. The van der Waals surface area contributed by atoms with Gasteiger partial charge >= 0.3 is 0 Å². The van der Waals surface area contributed by atoms with Gasteiger partial charge in [0.05, 0.1) is 17.5 Å². The topological polar surface area (TPSA) is 46.9 Å². The number of thioether (sulfide) groups is 1. The molecule has 0 saturated heterocycles. The van der Waals surface area contributed by atoms with Crippen molar-refractivity contribution in [1.29, 1.82) is 0 Å². The van der Waals surface area contributed by atoms with Crippen molar-refractivity contribution in [3.8, 4) is 0 Å². The molecule has 0 aliphatic heterocycles. The standard InChI is InChI=1S/C19H25N3OS/c1-12-7-5-6-8-17(12)14(3)20-18(23)11-24-19-21-13(2)15(4)22(19)16-9-10-16/h5-8,14,16H,9-11H2,1-4H3,(H,20,23)/t14-/m1/s1. The molecule has 0 bridgehead atoms. The Morgan fingerprint density at radius 3 is 2.71 bits per heavy atom. The van der Waals surface area contributed by atoms with Gasteiger partial charge in [0, 0.05) is 11.7 Å². The van der Waals surface area contributed by atoms with Gasteiger partial charge in [-0.05, 0) is 51.7 Å². The van der Waals surface area contributed by atoms with Crippen LogP contribution in [0.1, 0.15) is 54.4 Å². The van der Waals surface area contributed by atoms with Gasteiger partial charge in [0.2, 0.25) is 5.91 Å². The molecule has 1 fully saturated rings. The fourth-order valence-corrected chi connectivity index (χ4v) is 3.99. The van der Waals surface area contributed by atoms with Crippen molar-refractivity contribution in [2.75, 3.05) is 5.75 Å². The Balaban J connectivity index is 1.60. The summed E-state index contributed by atoms with van der Waals surface area (Å²) in [6.45, 7) is 8.26. The van der Waals surface area contributed by atoms with E-state index in [4.69, 9.17) is 0 Å². The second-order valence-electron chi connectivity index (χ2n) is 6.60. The summed E-state index contributed by atoms with van der Waals surface area (Å²) in [5, 5.41) is 4.07. The molecule has 1 aromatic heterocycles. The Bertz CT molecular complexity index is 749. The summed E-state index contributed by atoms with van der Waals surface area (Å²) in [4.78, 5) is 17.0. The van der Waals surface area contributed by atoms with Crippen LogP contribution in [0, 0.1) is 20.8 Å². The molecule has 1 atom stereocenters. The molecule has 128 valence electrons. The third-order valence-corrected chi connectivity index (χ3v) is 5.58. The van der Waals surface area contributed by atoms with Crippen LogP contribution < -0.4 is 5.32 Å². The van der Waals surface area contributed by atoms with E-state index in [2.05, 4.69) is 40.8 Å². The number of benzene rings is 1. The van der Waals surface area contributed by atoms with Crippen LogP contribution in [0.3, 0.4) is 0 Å². The first-order chi connectivity index (χ1) is 11.5. The maximum Gasteiger partial charge on any atom is 0.230 e. The molecule has 1 aliphatic rings. The number of hydrogen-bond acceptors (Lipinski definition) is 3. The normalized spacial score (nSPS) is 15.3. The van der Waals surface area contributed by atoms with E-state index in [1.165, 1.54) is 41.4 Å². The molecule has 1 saturated carbocycles. The highest BCUT2D eigenvalue weighted by Gasteiger charge is 2.28. The van der Waals surface area contributed by atoms with E-state index in [0.29, 0.717) is 11.8 Å². The van der Waals surface area contributed by atoms with Crippen LogP contribution in [-0.4, -0.2) is 21.2 Å². The Morgan fingerprint density at radius 1 is 1.33 bits per heavy atom. The van der Waals surface area contributed by atoms with Crippen molar-refractivity contribution < 1.29 is 4.79 Å². The van der Waals surface area contributed by atoms with E-state index in [-0.39, 0.29) is 11.9 Å². The van der Waals surface area contributed by atoms with Crippen molar-refractivity contribution in [2.45, 2.75) is 57.8 Å². The van der Waals surface area contributed by atoms with Gasteiger partial charge in [-0.3, -0.25) is 4.79 Å². The van der Waals surface area contributed by atoms with Crippen molar-refractivity contribution in [2.24, 2.45) is 0 Å². The average Bonchev–Trinajstić information content (AvgIpc) is 3.33. The van der Waals surface area contributed by atoms with Crippen molar-refractivity contribution in [1.82, 2.24) is 14.9 Å². The predicted molar refractivity (Wildman–Crippen MR) is 98.4 cm³/mol. The summed E-state index contributed by atoms with van der Waals surface area (Å²) in [7, 11) is 0. The lowest BCUT2D eigenvalue weighted by Gasteiger charge is -2.16. The Hall–Kier alpha value is -1.75. The number of hydrogen-bond donors (Lipinski definition) is 1. The summed E-state index contributed by atoms with van der Waals surface area (Å²) in [5.41, 5.74) is 4.67. The molecule has 1 N–H and O–H groups in total. The second-order valence-corrected chi connectivity index (χ2v) is 7.54. The lowest BCUT2D eigenvalue weighted by molar-refractivity contribution is -0.119. The molecule has 1 aromatic carbocycles. The summed E-state index contributed by atoms with van der Waals surface area (Å²) in [6, 6.07) is 8.78. The van der Waals surface area contributed by atoms with Crippen LogP contribution in [-0.2, 0) is 4.79 Å². The number of carbonyl (C=O) groups is 1. The number of aromatic nitrogens is 2. The first-order valence-electron chi connectivity index (χ1n) is 8.50. The number of nitrogens with zero attached hydrogens (tertiary/aromatic N) is 2. The molecular weight excluding hydrogens is 318 g/mol. The smallest absolute Gasteiger partial charge is 0.230 e. The highest BCUT2D eigenvalue weighted by molar-refractivity contribution is 7.99. The van der Waals surface area contributed by atoms with E-state index in [0.717, 1.165) is 10.9 Å². The van der Waals surface area contributed by atoms with Gasteiger partial charge in [0.15, 0.2) is 5.16 Å². The fourth-order valence-electron chi connectivity index (χ4n) is 3.02. The van der Waals surface area contributed by atoms with Gasteiger partial charge in [-0.25, -0.2) is 4.98 Å². The van der Waals surface area contributed by atoms with E-state index in [1.807, 2.05) is 26.0 Å². The maximum absolute atomic E-state index is 12.3. The molecule has 4 nitrogen and oxygen atoms in total. The number of imidazole rings is 1. The highest BCUT2D eigenvalue weighted by atomic mass is 32.2. The zero-order valence-corrected chi connectivity index (χ0v) is 15.6. The van der Waals surface area contributed by atoms with Crippen molar-refractivity contribution in [3.63, 3.8) is 0 Å². The van der Waals surface area contributed by atoms with Gasteiger partial charge in [-0.2, -0.15) is 0 Å². The fraction of sp³-hybridized carbons (Fsp3) is 0.474. The minimum Gasteiger partial charge on any atom is -0.349 e. The highest BCUT2D eigenvalue weighted by Crippen LogP contribution is 2.39. The third-order valence-electron chi connectivity index (χ3n) is 4.63. The van der Waals surface area contributed by atoms with Crippen molar-refractivity contribution >= 4 is 17.7 Å². The third kappa shape index (κ3) is 3.66. The van der Waals surface area contributed by atoms with Crippen LogP contribution in [0.4, 0.5) is 0 Å². The summed E-state index contributed by atoms with van der Waals surface area (Å²) < 4.78 is 2.30. The van der Waals surface area contributed by atoms with Gasteiger partial charge in [-0.1, -0.05) is 36.0 Å². The molecule has 1 heterocycles. The average molecular weight is 343 g/mol. The number of rotatable bonds is 6. The molecule has 5 heteroatoms. The number of amides is 1. The molecule has 1 aliphatic carbocycles. The molecule has 0 unspecified atom stereocenters. The van der Waals surface area contributed by atoms with Crippen LogP contribution >= 0.6 is 11.8 Å². The molecule has 0 spiro atoms. The summed E-state index contributed by atoms with van der Waals surface area (Å²) in [5.74, 6) is 0.454. The van der Waals surface area contributed by atoms with Crippen molar-refractivity contribution in [3.05, 3.63) is 46.8 Å². The monoisotopic (exact) mass is 343 g/mol. The quantitative estimate of drug-likeness (QED) is 0.803. The Morgan fingerprint density at radius 2 is 2.04 bits per heavy atom. The minimum atomic E-state index is 0.0194. The number of aryl methyl sites for hydroxylation is 2. The van der Waals surface area contributed by atoms with E-state index in [1.54, 1.807) is 0 Å². The molecule has 3 rings (SSSR count). The Kier molecular flexibility index (Phi) is 4.99. The number of carbonyl (C=O) groups excluding carboxylic acids is 1. The first kappa shape index (κ1) is 17.1. The number of nitrogens with one attached hydrogen (secondary N) is 1. The maximum atomic E-state index is 12.3. The first-order valence-corrected chi connectivity index (χ1v) is 9.49. The molecule has 2 aromatic rings. The second kappa shape index (κ2) is 7.01. The van der Waals surface area contributed by atoms with E-state index in [9.17, 15) is 4.79 Å². The SMILES string of the molecule is Cc1ccccc1[C@@H](C)NC(=O)CSc1nc(C)c(C)n1C1CC1. The zero-order chi connectivity index (χ0) is 17.3. The predicted octanol–water partition coefficient (Wildman–Crippen LogP) is 4.11. The van der Waals surface area contributed by atoms with Crippen LogP contribution in [0.15, 0.2) is 29.4 Å². The van der Waals surface area contributed by atoms with Gasteiger partial charge in [-0.15, -0.1) is 0 Å². The molecule has 24 heavy (non-hydrogen) atoms. The molecule has 1 amide bonds.